The van der Waals surface area contributed by atoms with E-state index in [1.165, 1.54) is 0 Å². The van der Waals surface area contributed by atoms with Crippen LogP contribution in [0.15, 0.2) is 24.1 Å². The largest absolute Gasteiger partial charge is 0.388 e. The average molecular weight is 97.1 g/mol. The Morgan fingerprint density at radius 1 is 1.71 bits per heavy atom. The summed E-state index contributed by atoms with van der Waals surface area (Å²) in [6, 6.07) is 0. The van der Waals surface area contributed by atoms with Gasteiger partial charge in [0.2, 0.25) is 0 Å². The monoisotopic (exact) mass is 97.1 g/mol. The summed E-state index contributed by atoms with van der Waals surface area (Å²) in [5.74, 6) is 0.891. The van der Waals surface area contributed by atoms with Crippen LogP contribution >= 0.6 is 0 Å². The van der Waals surface area contributed by atoms with Crippen molar-refractivity contribution >= 4 is 0 Å². The van der Waals surface area contributed by atoms with E-state index in [1.807, 2.05) is 19.1 Å². The zero-order chi connectivity index (χ0) is 5.11. The van der Waals surface area contributed by atoms with Crippen molar-refractivity contribution in [1.82, 2.24) is 5.48 Å². The van der Waals surface area contributed by atoms with Crippen LogP contribution in [0.1, 0.15) is 6.92 Å². The van der Waals surface area contributed by atoms with Crippen molar-refractivity contribution in [1.29, 1.82) is 0 Å². The molecule has 0 spiro atoms. The molecule has 1 heterocycles. The lowest BCUT2D eigenvalue weighted by Gasteiger charge is -2.05. The van der Waals surface area contributed by atoms with Gasteiger partial charge in [0.1, 0.15) is 5.76 Å². The summed E-state index contributed by atoms with van der Waals surface area (Å²) in [5, 5.41) is 0. The van der Waals surface area contributed by atoms with Crippen molar-refractivity contribution in [2.24, 2.45) is 0 Å². The first-order valence-corrected chi connectivity index (χ1v) is 2.15. The Balaban J connectivity index is 2.57. The molecular formula is C5H7NO. The van der Waals surface area contributed by atoms with Crippen LogP contribution in [-0.4, -0.2) is 0 Å². The highest BCUT2D eigenvalue weighted by atomic mass is 16.6. The topological polar surface area (TPSA) is 21.3 Å². The maximum Gasteiger partial charge on any atom is 0.129 e. The van der Waals surface area contributed by atoms with E-state index in [0.717, 1.165) is 5.76 Å². The molecule has 2 nitrogen and oxygen atoms in total. The fraction of sp³-hybridized carbons (Fsp3) is 0.200. The molecule has 0 aromatic heterocycles. The Labute approximate surface area is 42.4 Å². The number of hydrogen-bond acceptors (Lipinski definition) is 2. The first kappa shape index (κ1) is 4.24. The molecule has 0 saturated heterocycles. The average Bonchev–Trinajstić information content (AvgIpc) is 1.69. The Morgan fingerprint density at radius 2 is 2.57 bits per heavy atom. The third-order valence-electron chi connectivity index (χ3n) is 0.715. The molecule has 0 atom stereocenters. The summed E-state index contributed by atoms with van der Waals surface area (Å²) < 4.78 is 0. The summed E-state index contributed by atoms with van der Waals surface area (Å²) in [6.07, 6.45) is 5.50. The van der Waals surface area contributed by atoms with E-state index >= 15 is 0 Å². The number of rotatable bonds is 0. The van der Waals surface area contributed by atoms with E-state index in [9.17, 15) is 0 Å². The second kappa shape index (κ2) is 1.69. The molecular weight excluding hydrogens is 90.1 g/mol. The van der Waals surface area contributed by atoms with Crippen LogP contribution in [-0.2, 0) is 4.84 Å². The molecule has 1 aliphatic rings. The number of nitrogens with one attached hydrogen (secondary N) is 1. The van der Waals surface area contributed by atoms with Crippen molar-refractivity contribution in [2.45, 2.75) is 6.92 Å². The minimum atomic E-state index is 0.891. The minimum Gasteiger partial charge on any atom is -0.388 e. The van der Waals surface area contributed by atoms with Crippen LogP contribution in [0.4, 0.5) is 0 Å². The van der Waals surface area contributed by atoms with Crippen LogP contribution in [0, 0.1) is 0 Å². The van der Waals surface area contributed by atoms with Gasteiger partial charge in [-0.25, -0.2) is 5.48 Å². The van der Waals surface area contributed by atoms with Gasteiger partial charge in [0, 0.05) is 6.20 Å². The van der Waals surface area contributed by atoms with Gasteiger partial charge in [0.25, 0.3) is 0 Å². The summed E-state index contributed by atoms with van der Waals surface area (Å²) in [4.78, 5) is 4.80. The summed E-state index contributed by atoms with van der Waals surface area (Å²) in [7, 11) is 0. The van der Waals surface area contributed by atoms with Gasteiger partial charge < -0.3 is 4.84 Å². The Morgan fingerprint density at radius 3 is 2.86 bits per heavy atom. The fourth-order valence-electron chi connectivity index (χ4n) is 0.384. The van der Waals surface area contributed by atoms with E-state index in [-0.39, 0.29) is 0 Å². The Kier molecular flexibility index (Phi) is 1.02. The van der Waals surface area contributed by atoms with Crippen molar-refractivity contribution < 1.29 is 4.84 Å². The molecule has 0 saturated carbocycles. The van der Waals surface area contributed by atoms with Gasteiger partial charge in [-0.05, 0) is 19.1 Å². The molecule has 0 aliphatic carbocycles. The third-order valence-corrected chi connectivity index (χ3v) is 0.715. The minimum absolute atomic E-state index is 0.891. The number of hydroxylamine groups is 1. The number of allylic oxidation sites excluding steroid dienone is 3. The molecule has 0 amide bonds. The summed E-state index contributed by atoms with van der Waals surface area (Å²) in [6.45, 7) is 1.89. The Bertz CT molecular complexity index is 115. The molecule has 0 radical (unpaired) electrons. The van der Waals surface area contributed by atoms with Gasteiger partial charge in [-0.3, -0.25) is 0 Å². The third kappa shape index (κ3) is 0.961. The molecule has 1 aliphatic heterocycles. The van der Waals surface area contributed by atoms with Crippen LogP contribution in [0.5, 0.6) is 0 Å². The lowest BCUT2D eigenvalue weighted by molar-refractivity contribution is 0.140. The predicted octanol–water partition coefficient (Wildman–Crippen LogP) is 0.939. The van der Waals surface area contributed by atoms with Gasteiger partial charge in [0.15, 0.2) is 0 Å². The van der Waals surface area contributed by atoms with E-state index in [4.69, 9.17) is 4.84 Å². The van der Waals surface area contributed by atoms with Crippen LogP contribution in [0.3, 0.4) is 0 Å². The maximum atomic E-state index is 4.80. The lowest BCUT2D eigenvalue weighted by Crippen LogP contribution is -2.06. The first-order chi connectivity index (χ1) is 3.39. The fourth-order valence-corrected chi connectivity index (χ4v) is 0.384. The molecule has 2 heteroatoms. The summed E-state index contributed by atoms with van der Waals surface area (Å²) >= 11 is 0. The van der Waals surface area contributed by atoms with E-state index < -0.39 is 0 Å². The number of hydrogen-bond donors (Lipinski definition) is 1. The molecule has 1 rings (SSSR count). The maximum absolute atomic E-state index is 4.80. The predicted molar refractivity (Wildman–Crippen MR) is 27.1 cm³/mol. The zero-order valence-electron chi connectivity index (χ0n) is 4.14. The SMILES string of the molecule is CC1=CC=CNO1. The zero-order valence-corrected chi connectivity index (χ0v) is 4.14. The molecule has 0 aromatic rings. The highest BCUT2D eigenvalue weighted by molar-refractivity contribution is 5.07. The molecule has 38 valence electrons. The standard InChI is InChI=1S/C5H7NO/c1-5-3-2-4-6-7-5/h2-4,6H,1H3. The van der Waals surface area contributed by atoms with Crippen molar-refractivity contribution in [3.8, 4) is 0 Å². The molecule has 7 heavy (non-hydrogen) atoms. The van der Waals surface area contributed by atoms with Crippen LogP contribution < -0.4 is 5.48 Å². The Hall–Kier alpha value is -0.920. The second-order valence-corrected chi connectivity index (χ2v) is 1.36. The highest BCUT2D eigenvalue weighted by Crippen LogP contribution is 1.95. The van der Waals surface area contributed by atoms with Gasteiger partial charge >= 0.3 is 0 Å². The summed E-state index contributed by atoms with van der Waals surface area (Å²) in [5.41, 5.74) is 2.59. The molecule has 0 unspecified atom stereocenters. The van der Waals surface area contributed by atoms with Gasteiger partial charge in [-0.1, -0.05) is 0 Å². The quantitative estimate of drug-likeness (QED) is 0.485. The van der Waals surface area contributed by atoms with Crippen molar-refractivity contribution in [3.05, 3.63) is 24.1 Å². The second-order valence-electron chi connectivity index (χ2n) is 1.36. The van der Waals surface area contributed by atoms with Crippen LogP contribution in [0.2, 0.25) is 0 Å². The van der Waals surface area contributed by atoms with Gasteiger partial charge in [-0.2, -0.15) is 0 Å². The first-order valence-electron chi connectivity index (χ1n) is 2.15. The van der Waals surface area contributed by atoms with Crippen molar-refractivity contribution in [2.75, 3.05) is 0 Å². The molecule has 1 N–H and O–H groups in total. The lowest BCUT2D eigenvalue weighted by atomic mass is 10.4. The van der Waals surface area contributed by atoms with Gasteiger partial charge in [-0.15, -0.1) is 0 Å². The van der Waals surface area contributed by atoms with E-state index in [2.05, 4.69) is 5.48 Å². The van der Waals surface area contributed by atoms with Gasteiger partial charge in [0.05, 0.1) is 0 Å². The normalized spacial score (nSPS) is 17.0. The van der Waals surface area contributed by atoms with E-state index in [1.54, 1.807) is 6.20 Å². The highest BCUT2D eigenvalue weighted by Gasteiger charge is 1.86. The molecule has 0 aromatic carbocycles. The van der Waals surface area contributed by atoms with E-state index in [0.29, 0.717) is 0 Å². The van der Waals surface area contributed by atoms with Crippen LogP contribution in [0.25, 0.3) is 0 Å². The molecule has 0 fully saturated rings. The molecule has 0 bridgehead atoms. The van der Waals surface area contributed by atoms with Crippen molar-refractivity contribution in [3.63, 3.8) is 0 Å². The smallest absolute Gasteiger partial charge is 0.129 e.